The van der Waals surface area contributed by atoms with E-state index in [1.165, 1.54) is 0 Å². The van der Waals surface area contributed by atoms with Crippen molar-refractivity contribution in [1.82, 2.24) is 15.1 Å². The fourth-order valence-electron chi connectivity index (χ4n) is 2.09. The van der Waals surface area contributed by atoms with Crippen LogP contribution in [0.1, 0.15) is 26.7 Å². The first-order valence-electron chi connectivity index (χ1n) is 7.12. The van der Waals surface area contributed by atoms with Crippen LogP contribution in [0.15, 0.2) is 23.8 Å². The van der Waals surface area contributed by atoms with Gasteiger partial charge in [-0.1, -0.05) is 18.2 Å². The lowest BCUT2D eigenvalue weighted by molar-refractivity contribution is -0.130. The molecule has 1 rings (SSSR count). The second kappa shape index (κ2) is 8.56. The highest BCUT2D eigenvalue weighted by Crippen LogP contribution is 2.07. The first-order valence-corrected chi connectivity index (χ1v) is 7.53. The predicted molar refractivity (Wildman–Crippen MR) is 87.8 cm³/mol. The first kappa shape index (κ1) is 17.4. The van der Waals surface area contributed by atoms with Crippen LogP contribution in [0.2, 0.25) is 0 Å². The van der Waals surface area contributed by atoms with Gasteiger partial charge in [0.1, 0.15) is 0 Å². The van der Waals surface area contributed by atoms with Crippen LogP contribution in [-0.2, 0) is 9.59 Å². The van der Waals surface area contributed by atoms with E-state index in [-0.39, 0.29) is 23.5 Å². The molecule has 1 aliphatic rings. The average molecular weight is 309 g/mol. The van der Waals surface area contributed by atoms with Gasteiger partial charge in [-0.25, -0.2) is 0 Å². The molecule has 6 heteroatoms. The highest BCUT2D eigenvalue weighted by atomic mass is 32.1. The lowest BCUT2D eigenvalue weighted by atomic mass is 10.2. The van der Waals surface area contributed by atoms with Crippen molar-refractivity contribution in [2.24, 2.45) is 0 Å². The third-order valence-corrected chi connectivity index (χ3v) is 3.73. The minimum atomic E-state index is -0.263. The summed E-state index contributed by atoms with van der Waals surface area (Å²) in [5.74, 6) is -0.215. The number of thiocarbonyl (C=S) groups is 1. The number of hydrogen-bond donors (Lipinski definition) is 1. The van der Waals surface area contributed by atoms with E-state index in [1.54, 1.807) is 37.1 Å². The van der Waals surface area contributed by atoms with E-state index in [2.05, 4.69) is 5.32 Å². The monoisotopic (exact) mass is 309 g/mol. The molecule has 0 bridgehead atoms. The molecule has 21 heavy (non-hydrogen) atoms. The molecule has 0 radical (unpaired) electrons. The minimum Gasteiger partial charge on any atom is -0.343 e. The number of likely N-dealkylation sites (tertiary alicyclic amines) is 1. The molecule has 0 aliphatic carbocycles. The molecule has 5 nitrogen and oxygen atoms in total. The molecule has 1 saturated heterocycles. The molecule has 0 spiro atoms. The van der Waals surface area contributed by atoms with Crippen molar-refractivity contribution in [3.63, 3.8) is 0 Å². The van der Waals surface area contributed by atoms with Gasteiger partial charge >= 0.3 is 0 Å². The van der Waals surface area contributed by atoms with E-state index in [0.717, 1.165) is 25.9 Å². The lowest BCUT2D eigenvalue weighted by Crippen LogP contribution is -2.45. The van der Waals surface area contributed by atoms with Crippen LogP contribution < -0.4 is 5.32 Å². The molecule has 0 aromatic carbocycles. The van der Waals surface area contributed by atoms with Gasteiger partial charge in [-0.2, -0.15) is 0 Å². The van der Waals surface area contributed by atoms with Crippen molar-refractivity contribution in [1.29, 1.82) is 0 Å². The van der Waals surface area contributed by atoms with Gasteiger partial charge < -0.3 is 9.80 Å². The van der Waals surface area contributed by atoms with Crippen molar-refractivity contribution in [3.8, 4) is 0 Å². The maximum absolute atomic E-state index is 12.0. The van der Waals surface area contributed by atoms with Crippen molar-refractivity contribution in [3.05, 3.63) is 23.8 Å². The van der Waals surface area contributed by atoms with Crippen LogP contribution in [0.3, 0.4) is 0 Å². The van der Waals surface area contributed by atoms with Gasteiger partial charge in [0, 0.05) is 25.7 Å². The van der Waals surface area contributed by atoms with Gasteiger partial charge in [0.2, 0.25) is 5.91 Å². The maximum atomic E-state index is 12.0. The van der Waals surface area contributed by atoms with Crippen LogP contribution in [-0.4, -0.2) is 53.4 Å². The van der Waals surface area contributed by atoms with Gasteiger partial charge in [-0.15, -0.1) is 0 Å². The quantitative estimate of drug-likeness (QED) is 0.485. The molecule has 0 unspecified atom stereocenters. The molecular formula is C15H23N3O2S. The highest BCUT2D eigenvalue weighted by molar-refractivity contribution is 7.80. The Morgan fingerprint density at radius 1 is 1.29 bits per heavy atom. The lowest BCUT2D eigenvalue weighted by Gasteiger charge is -2.23. The Balaban J connectivity index is 2.50. The Bertz CT molecular complexity index is 466. The molecule has 0 aromatic heterocycles. The Hall–Kier alpha value is -1.69. The Labute approximate surface area is 131 Å². The number of carbonyl (C=O) groups is 2. The number of nitrogens with one attached hydrogen (secondary N) is 1. The fourth-order valence-corrected chi connectivity index (χ4v) is 2.25. The molecule has 1 heterocycles. The maximum Gasteiger partial charge on any atom is 0.257 e. The number of nitrogens with zero attached hydrogens (tertiary/aromatic N) is 2. The molecule has 0 atom stereocenters. The van der Waals surface area contributed by atoms with Crippen molar-refractivity contribution >= 4 is 29.1 Å². The summed E-state index contributed by atoms with van der Waals surface area (Å²) >= 11 is 5.17. The van der Waals surface area contributed by atoms with Crippen LogP contribution in [0, 0.1) is 0 Å². The first-order chi connectivity index (χ1) is 9.99. The van der Waals surface area contributed by atoms with Crippen LogP contribution in [0.5, 0.6) is 0 Å². The third-order valence-electron chi connectivity index (χ3n) is 3.32. The predicted octanol–water partition coefficient (Wildman–Crippen LogP) is 1.46. The van der Waals surface area contributed by atoms with Crippen molar-refractivity contribution < 1.29 is 9.59 Å². The Morgan fingerprint density at radius 3 is 2.43 bits per heavy atom. The molecule has 1 fully saturated rings. The average Bonchev–Trinajstić information content (AvgIpc) is 2.98. The summed E-state index contributed by atoms with van der Waals surface area (Å²) in [5.41, 5.74) is 0.541. The molecule has 1 N–H and O–H groups in total. The van der Waals surface area contributed by atoms with Gasteiger partial charge in [-0.05, 0) is 38.9 Å². The van der Waals surface area contributed by atoms with E-state index in [9.17, 15) is 9.59 Å². The van der Waals surface area contributed by atoms with E-state index < -0.39 is 0 Å². The van der Waals surface area contributed by atoms with Gasteiger partial charge in [0.25, 0.3) is 5.91 Å². The van der Waals surface area contributed by atoms with E-state index >= 15 is 0 Å². The van der Waals surface area contributed by atoms with Crippen LogP contribution in [0.4, 0.5) is 0 Å². The number of likely N-dealkylation sites (N-methyl/N-ethyl adjacent to an activating group) is 1. The number of rotatable bonds is 4. The summed E-state index contributed by atoms with van der Waals surface area (Å²) in [7, 11) is 1.71. The summed E-state index contributed by atoms with van der Waals surface area (Å²) in [6, 6.07) is 0. The molecule has 2 amide bonds. The van der Waals surface area contributed by atoms with E-state index in [0.29, 0.717) is 5.57 Å². The van der Waals surface area contributed by atoms with Gasteiger partial charge in [0.15, 0.2) is 5.11 Å². The topological polar surface area (TPSA) is 52.7 Å². The number of allylic oxidation sites excluding steroid dienone is 2. The smallest absolute Gasteiger partial charge is 0.257 e. The highest BCUT2D eigenvalue weighted by Gasteiger charge is 2.20. The molecular weight excluding hydrogens is 286 g/mol. The summed E-state index contributed by atoms with van der Waals surface area (Å²) in [5, 5.41) is 2.90. The third kappa shape index (κ3) is 5.30. The minimum absolute atomic E-state index is 0.0475. The Kier molecular flexibility index (Phi) is 7.08. The second-order valence-corrected chi connectivity index (χ2v) is 5.33. The zero-order valence-corrected chi connectivity index (χ0v) is 13.7. The van der Waals surface area contributed by atoms with E-state index in [1.807, 2.05) is 11.8 Å². The van der Waals surface area contributed by atoms with Crippen LogP contribution in [0.25, 0.3) is 0 Å². The number of amides is 2. The largest absolute Gasteiger partial charge is 0.343 e. The molecule has 116 valence electrons. The van der Waals surface area contributed by atoms with Crippen molar-refractivity contribution in [2.45, 2.75) is 26.7 Å². The number of carbonyl (C=O) groups excluding carboxylic acids is 2. The number of hydrogen-bond acceptors (Lipinski definition) is 3. The summed E-state index contributed by atoms with van der Waals surface area (Å²) < 4.78 is 0. The molecule has 0 aromatic rings. The molecule has 1 aliphatic heterocycles. The fraction of sp³-hybridized carbons (Fsp3) is 0.533. The van der Waals surface area contributed by atoms with E-state index in [4.69, 9.17) is 12.2 Å². The van der Waals surface area contributed by atoms with Gasteiger partial charge in [-0.3, -0.25) is 14.9 Å². The summed E-state index contributed by atoms with van der Waals surface area (Å²) in [4.78, 5) is 27.4. The summed E-state index contributed by atoms with van der Waals surface area (Å²) in [6.45, 7) is 5.45. The normalized spacial score (nSPS) is 15.4. The summed E-state index contributed by atoms with van der Waals surface area (Å²) in [6.07, 6.45) is 7.34. The Morgan fingerprint density at radius 2 is 1.90 bits per heavy atom. The van der Waals surface area contributed by atoms with Crippen LogP contribution >= 0.6 is 12.2 Å². The van der Waals surface area contributed by atoms with Gasteiger partial charge in [0.05, 0.1) is 6.54 Å². The molecule has 0 saturated carbocycles. The second-order valence-electron chi connectivity index (χ2n) is 4.95. The standard InChI is InChI=1S/C15H23N3O2S/c1-4-8-12(5-2)14(20)16-15(21)17(3)11-13(19)18-9-6-7-10-18/h4-5,8H,6-7,9-11H2,1-3H3,(H,16,20,21)/b8-4-,12-5+. The SMILES string of the molecule is C/C=C\C(=C/C)C(=O)NC(=S)N(C)CC(=O)N1CCCC1. The zero-order valence-electron chi connectivity index (χ0n) is 12.9. The zero-order chi connectivity index (χ0) is 15.8. The van der Waals surface area contributed by atoms with Crippen molar-refractivity contribution in [2.75, 3.05) is 26.7 Å².